The minimum atomic E-state index is -4.50. The van der Waals surface area contributed by atoms with E-state index in [1.54, 1.807) is 13.8 Å². The number of hydrogen-bond acceptors (Lipinski definition) is 4. The molecule has 0 fully saturated rings. The van der Waals surface area contributed by atoms with E-state index in [1.165, 1.54) is 22.5 Å². The van der Waals surface area contributed by atoms with Crippen LogP contribution >= 0.6 is 0 Å². The van der Waals surface area contributed by atoms with Crippen molar-refractivity contribution >= 4 is 10.0 Å². The Morgan fingerprint density at radius 3 is 2.42 bits per heavy atom. The van der Waals surface area contributed by atoms with Crippen LogP contribution in [0.5, 0.6) is 0 Å². The summed E-state index contributed by atoms with van der Waals surface area (Å²) in [5.41, 5.74) is -0.192. The fourth-order valence-corrected chi connectivity index (χ4v) is 3.80. The number of aromatic nitrogens is 4. The van der Waals surface area contributed by atoms with Crippen molar-refractivity contribution < 1.29 is 21.6 Å². The van der Waals surface area contributed by atoms with Crippen molar-refractivity contribution in [1.82, 2.24) is 24.3 Å². The molecule has 1 N–H and O–H groups in total. The Labute approximate surface area is 150 Å². The first kappa shape index (κ1) is 20.4. The van der Waals surface area contributed by atoms with Crippen molar-refractivity contribution in [2.75, 3.05) is 6.54 Å². The van der Waals surface area contributed by atoms with E-state index in [1.807, 2.05) is 6.92 Å². The summed E-state index contributed by atoms with van der Waals surface area (Å²) in [4.78, 5) is 0.0983. The van der Waals surface area contributed by atoms with Gasteiger partial charge in [-0.3, -0.25) is 9.36 Å². The van der Waals surface area contributed by atoms with Gasteiger partial charge in [-0.25, -0.2) is 13.1 Å². The van der Waals surface area contributed by atoms with Crippen LogP contribution in [-0.2, 0) is 29.3 Å². The summed E-state index contributed by atoms with van der Waals surface area (Å²) in [7, 11) is -3.74. The molecule has 11 heteroatoms. The Morgan fingerprint density at radius 2 is 1.92 bits per heavy atom. The van der Waals surface area contributed by atoms with Crippen LogP contribution in [0, 0.1) is 19.8 Å². The number of nitrogens with zero attached hydrogens (tertiary/aromatic N) is 4. The molecule has 2 aromatic rings. The van der Waals surface area contributed by atoms with Gasteiger partial charge in [0.15, 0.2) is 5.69 Å². The number of alkyl halides is 3. The molecule has 2 aromatic heterocycles. The lowest BCUT2D eigenvalue weighted by Gasteiger charge is -2.14. The highest BCUT2D eigenvalue weighted by Gasteiger charge is 2.34. The molecule has 0 aromatic carbocycles. The number of aryl methyl sites for hydroxylation is 3. The number of halogens is 3. The first-order valence-electron chi connectivity index (χ1n) is 8.09. The van der Waals surface area contributed by atoms with Crippen LogP contribution in [0.4, 0.5) is 13.2 Å². The number of nitrogens with one attached hydrogen (secondary N) is 1. The lowest BCUT2D eigenvalue weighted by Crippen LogP contribution is -2.30. The zero-order chi connectivity index (χ0) is 19.7. The topological polar surface area (TPSA) is 81.8 Å². The Balaban J connectivity index is 2.03. The third-order valence-electron chi connectivity index (χ3n) is 3.89. The summed E-state index contributed by atoms with van der Waals surface area (Å²) >= 11 is 0. The molecule has 0 aliphatic carbocycles. The molecule has 146 valence electrons. The van der Waals surface area contributed by atoms with E-state index >= 15 is 0 Å². The molecule has 0 aliphatic rings. The van der Waals surface area contributed by atoms with E-state index in [2.05, 4.69) is 14.9 Å². The minimum Gasteiger partial charge on any atom is -0.271 e. The summed E-state index contributed by atoms with van der Waals surface area (Å²) in [6.07, 6.45) is -3.05. The van der Waals surface area contributed by atoms with Gasteiger partial charge in [0.05, 0.1) is 5.69 Å². The summed E-state index contributed by atoms with van der Waals surface area (Å²) in [5, 5.41) is 7.66. The van der Waals surface area contributed by atoms with Gasteiger partial charge < -0.3 is 0 Å². The van der Waals surface area contributed by atoms with Gasteiger partial charge in [-0.05, 0) is 32.8 Å². The first-order chi connectivity index (χ1) is 11.9. The molecule has 2 rings (SSSR count). The van der Waals surface area contributed by atoms with E-state index in [0.717, 1.165) is 6.07 Å². The summed E-state index contributed by atoms with van der Waals surface area (Å²) in [6, 6.07) is 0.972. The first-order valence-corrected chi connectivity index (χ1v) is 9.57. The summed E-state index contributed by atoms with van der Waals surface area (Å²) in [5.74, 6) is -0.258. The molecule has 0 unspecified atom stereocenters. The van der Waals surface area contributed by atoms with E-state index in [0.29, 0.717) is 17.9 Å². The number of rotatable bonds is 7. The van der Waals surface area contributed by atoms with Gasteiger partial charge >= 0.3 is 6.18 Å². The maximum Gasteiger partial charge on any atom is 0.435 e. The highest BCUT2D eigenvalue weighted by Crippen LogP contribution is 2.28. The maximum atomic E-state index is 12.7. The summed E-state index contributed by atoms with van der Waals surface area (Å²) in [6.45, 7) is 7.50. The molecule has 1 atom stereocenters. The molecule has 0 aliphatic heterocycles. The van der Waals surface area contributed by atoms with Gasteiger partial charge in [-0.1, -0.05) is 6.92 Å². The highest BCUT2D eigenvalue weighted by atomic mass is 32.2. The Bertz CT molecular complexity index is 870. The van der Waals surface area contributed by atoms with Crippen LogP contribution in [0.15, 0.2) is 17.2 Å². The maximum absolute atomic E-state index is 12.7. The van der Waals surface area contributed by atoms with E-state index in [4.69, 9.17) is 0 Å². The van der Waals surface area contributed by atoms with Crippen LogP contribution in [0.2, 0.25) is 0 Å². The molecule has 7 nitrogen and oxygen atoms in total. The normalized spacial score (nSPS) is 14.0. The third kappa shape index (κ3) is 4.64. The summed E-state index contributed by atoms with van der Waals surface area (Å²) < 4.78 is 68.2. The van der Waals surface area contributed by atoms with Gasteiger partial charge in [-0.15, -0.1) is 0 Å². The highest BCUT2D eigenvalue weighted by molar-refractivity contribution is 7.89. The Morgan fingerprint density at radius 1 is 1.27 bits per heavy atom. The standard InChI is InChI=1S/C15H22F3N5O2S/c1-5-22-9-13(12(4)20-22)26(24,25)19-7-10(2)8-23-11(3)6-14(21-23)15(16,17)18/h6,9-10,19H,5,7-8H2,1-4H3/t10-/m1/s1. The van der Waals surface area contributed by atoms with Crippen LogP contribution in [0.3, 0.4) is 0 Å². The molecule has 26 heavy (non-hydrogen) atoms. The van der Waals surface area contributed by atoms with Gasteiger partial charge in [0.1, 0.15) is 4.90 Å². The SMILES string of the molecule is CCn1cc(S(=O)(=O)NC[C@@H](C)Cn2nc(C(F)(F)F)cc2C)c(C)n1. The lowest BCUT2D eigenvalue weighted by molar-refractivity contribution is -0.141. The molecule has 0 radical (unpaired) electrons. The molecule has 0 saturated heterocycles. The Hall–Kier alpha value is -1.88. The predicted octanol–water partition coefficient (Wildman–Crippen LogP) is 2.35. The van der Waals surface area contributed by atoms with Crippen molar-refractivity contribution in [2.45, 2.75) is 51.9 Å². The van der Waals surface area contributed by atoms with Crippen molar-refractivity contribution in [3.8, 4) is 0 Å². The van der Waals surface area contributed by atoms with Crippen molar-refractivity contribution in [3.05, 3.63) is 29.3 Å². The molecular formula is C15H22F3N5O2S. The average molecular weight is 393 g/mol. The lowest BCUT2D eigenvalue weighted by atomic mass is 10.2. The second-order valence-corrected chi connectivity index (χ2v) is 7.98. The third-order valence-corrected chi connectivity index (χ3v) is 5.42. The second kappa shape index (κ2) is 7.39. The van der Waals surface area contributed by atoms with Crippen molar-refractivity contribution in [1.29, 1.82) is 0 Å². The quantitative estimate of drug-likeness (QED) is 0.783. The molecule has 0 bridgehead atoms. The molecule has 2 heterocycles. The molecule has 0 spiro atoms. The fourth-order valence-electron chi connectivity index (χ4n) is 2.45. The smallest absolute Gasteiger partial charge is 0.271 e. The van der Waals surface area contributed by atoms with E-state index < -0.39 is 21.9 Å². The zero-order valence-corrected chi connectivity index (χ0v) is 15.8. The molecule has 0 saturated carbocycles. The average Bonchev–Trinajstić information content (AvgIpc) is 3.09. The molecular weight excluding hydrogens is 371 g/mol. The van der Waals surface area contributed by atoms with Crippen LogP contribution in [-0.4, -0.2) is 34.5 Å². The van der Waals surface area contributed by atoms with Gasteiger partial charge in [0.2, 0.25) is 10.0 Å². The van der Waals surface area contributed by atoms with Gasteiger partial charge in [0.25, 0.3) is 0 Å². The zero-order valence-electron chi connectivity index (χ0n) is 15.0. The van der Waals surface area contributed by atoms with Crippen molar-refractivity contribution in [3.63, 3.8) is 0 Å². The largest absolute Gasteiger partial charge is 0.435 e. The van der Waals surface area contributed by atoms with Crippen LogP contribution in [0.25, 0.3) is 0 Å². The second-order valence-electron chi connectivity index (χ2n) is 6.24. The van der Waals surface area contributed by atoms with Crippen LogP contribution < -0.4 is 4.72 Å². The van der Waals surface area contributed by atoms with Gasteiger partial charge in [0, 0.05) is 31.5 Å². The predicted molar refractivity (Wildman–Crippen MR) is 89.0 cm³/mol. The van der Waals surface area contributed by atoms with Crippen LogP contribution in [0.1, 0.15) is 30.9 Å². The number of hydrogen-bond donors (Lipinski definition) is 1. The van der Waals surface area contributed by atoms with E-state index in [-0.39, 0.29) is 23.9 Å². The van der Waals surface area contributed by atoms with E-state index in [9.17, 15) is 21.6 Å². The van der Waals surface area contributed by atoms with Gasteiger partial charge in [-0.2, -0.15) is 23.4 Å². The minimum absolute atomic E-state index is 0.0692. The molecule has 0 amide bonds. The number of sulfonamides is 1. The van der Waals surface area contributed by atoms with Crippen molar-refractivity contribution in [2.24, 2.45) is 5.92 Å². The fraction of sp³-hybridized carbons (Fsp3) is 0.600. The monoisotopic (exact) mass is 393 g/mol. The Kier molecular flexibility index (Phi) is 5.81.